The second-order valence-corrected chi connectivity index (χ2v) is 3.76. The smallest absolute Gasteiger partial charge is 0.356 e. The number of aromatic nitrogens is 1. The van der Waals surface area contributed by atoms with Crippen LogP contribution in [0.2, 0.25) is 0 Å². The highest BCUT2D eigenvalue weighted by atomic mass is 16.5. The van der Waals surface area contributed by atoms with Gasteiger partial charge in [-0.25, -0.2) is 9.78 Å². The van der Waals surface area contributed by atoms with Gasteiger partial charge in [-0.15, -0.1) is 0 Å². The first-order chi connectivity index (χ1) is 9.08. The molecule has 1 aromatic heterocycles. The summed E-state index contributed by atoms with van der Waals surface area (Å²) in [5.74, 6) is -0.225. The van der Waals surface area contributed by atoms with Gasteiger partial charge in [-0.05, 0) is 19.1 Å². The molecule has 1 amide bonds. The van der Waals surface area contributed by atoms with Crippen molar-refractivity contribution in [2.45, 2.75) is 13.3 Å². The van der Waals surface area contributed by atoms with Crippen molar-refractivity contribution in [3.8, 4) is 0 Å². The Hall–Kier alpha value is -2.31. The lowest BCUT2D eigenvalue weighted by Gasteiger charge is -2.09. The summed E-state index contributed by atoms with van der Waals surface area (Å²) in [6, 6.07) is 3.05. The Kier molecular flexibility index (Phi) is 5.59. The monoisotopic (exact) mass is 266 g/mol. The molecule has 19 heavy (non-hydrogen) atoms. The van der Waals surface area contributed by atoms with Gasteiger partial charge in [0.1, 0.15) is 5.82 Å². The van der Waals surface area contributed by atoms with E-state index in [2.05, 4.69) is 20.4 Å². The maximum absolute atomic E-state index is 11.3. The van der Waals surface area contributed by atoms with Crippen LogP contribution >= 0.6 is 0 Å². The summed E-state index contributed by atoms with van der Waals surface area (Å²) in [4.78, 5) is 26.6. The van der Waals surface area contributed by atoms with Crippen molar-refractivity contribution in [2.24, 2.45) is 0 Å². The summed E-state index contributed by atoms with van der Waals surface area (Å²) in [6.07, 6.45) is 0.303. The Bertz CT molecular complexity index is 462. The van der Waals surface area contributed by atoms with Crippen LogP contribution in [-0.2, 0) is 9.53 Å². The molecule has 7 heteroatoms. The highest BCUT2D eigenvalue weighted by molar-refractivity contribution is 5.88. The Balaban J connectivity index is 2.62. The van der Waals surface area contributed by atoms with E-state index in [1.807, 2.05) is 6.92 Å². The molecule has 4 N–H and O–H groups in total. The van der Waals surface area contributed by atoms with Gasteiger partial charge in [0.15, 0.2) is 5.69 Å². The summed E-state index contributed by atoms with van der Waals surface area (Å²) in [7, 11) is 1.28. The third-order valence-electron chi connectivity index (χ3n) is 2.34. The van der Waals surface area contributed by atoms with E-state index < -0.39 is 5.97 Å². The summed E-state index contributed by atoms with van der Waals surface area (Å²) in [6.45, 7) is 2.83. The van der Waals surface area contributed by atoms with E-state index in [1.54, 1.807) is 6.07 Å². The summed E-state index contributed by atoms with van der Waals surface area (Å²) >= 11 is 0. The minimum absolute atomic E-state index is 0.0577. The van der Waals surface area contributed by atoms with Gasteiger partial charge in [0, 0.05) is 19.5 Å². The maximum Gasteiger partial charge on any atom is 0.356 e. The first-order valence-electron chi connectivity index (χ1n) is 5.93. The molecule has 0 spiro atoms. The fourth-order valence-electron chi connectivity index (χ4n) is 1.41. The molecular weight excluding hydrogens is 248 g/mol. The number of methoxy groups -OCH3 is 1. The van der Waals surface area contributed by atoms with E-state index in [9.17, 15) is 9.59 Å². The lowest BCUT2D eigenvalue weighted by atomic mass is 10.3. The molecule has 0 aliphatic carbocycles. The minimum Gasteiger partial charge on any atom is -0.464 e. The van der Waals surface area contributed by atoms with Crippen LogP contribution in [0.15, 0.2) is 12.1 Å². The number of ether oxygens (including phenoxy) is 1. The lowest BCUT2D eigenvalue weighted by molar-refractivity contribution is -0.120. The molecular formula is C12H18N4O3. The Labute approximate surface area is 111 Å². The Morgan fingerprint density at radius 1 is 1.42 bits per heavy atom. The number of nitrogens with zero attached hydrogens (tertiary/aromatic N) is 1. The highest BCUT2D eigenvalue weighted by Crippen LogP contribution is 2.16. The second kappa shape index (κ2) is 7.20. The fourth-order valence-corrected chi connectivity index (χ4v) is 1.41. The highest BCUT2D eigenvalue weighted by Gasteiger charge is 2.10. The van der Waals surface area contributed by atoms with Crippen LogP contribution in [0.5, 0.6) is 0 Å². The first kappa shape index (κ1) is 14.7. The molecule has 0 saturated heterocycles. The summed E-state index contributed by atoms with van der Waals surface area (Å²) in [5.41, 5.74) is 6.30. The number of nitrogens with one attached hydrogen (secondary N) is 2. The van der Waals surface area contributed by atoms with Crippen molar-refractivity contribution < 1.29 is 14.3 Å². The number of carbonyl (C=O) groups is 2. The van der Waals surface area contributed by atoms with E-state index in [4.69, 9.17) is 5.73 Å². The fraction of sp³-hybridized carbons (Fsp3) is 0.417. The number of esters is 1. The molecule has 0 aliphatic heterocycles. The summed E-state index contributed by atoms with van der Waals surface area (Å²) in [5, 5.41) is 5.60. The van der Waals surface area contributed by atoms with E-state index in [0.29, 0.717) is 31.0 Å². The van der Waals surface area contributed by atoms with E-state index >= 15 is 0 Å². The number of nitrogen functional groups attached to an aromatic ring is 1. The molecule has 0 saturated carbocycles. The average molecular weight is 266 g/mol. The zero-order chi connectivity index (χ0) is 14.3. The van der Waals surface area contributed by atoms with Crippen molar-refractivity contribution >= 4 is 23.4 Å². The molecule has 0 radical (unpaired) electrons. The van der Waals surface area contributed by atoms with Gasteiger partial charge < -0.3 is 21.1 Å². The van der Waals surface area contributed by atoms with Crippen LogP contribution in [0.3, 0.4) is 0 Å². The number of anilines is 2. The largest absolute Gasteiger partial charge is 0.464 e. The van der Waals surface area contributed by atoms with Crippen LogP contribution in [0.1, 0.15) is 23.8 Å². The molecule has 0 unspecified atom stereocenters. The van der Waals surface area contributed by atoms with Gasteiger partial charge in [0.2, 0.25) is 5.91 Å². The van der Waals surface area contributed by atoms with Gasteiger partial charge in [0.05, 0.1) is 12.8 Å². The topological polar surface area (TPSA) is 106 Å². The SMILES string of the molecule is CCNC(=O)CCNc1nc(C(=O)OC)ccc1N. The zero-order valence-corrected chi connectivity index (χ0v) is 11.0. The molecule has 104 valence electrons. The Morgan fingerprint density at radius 3 is 2.79 bits per heavy atom. The van der Waals surface area contributed by atoms with Crippen LogP contribution in [0.25, 0.3) is 0 Å². The Morgan fingerprint density at radius 2 is 2.16 bits per heavy atom. The number of nitrogens with two attached hydrogens (primary N) is 1. The predicted octanol–water partition coefficient (Wildman–Crippen LogP) is 0.388. The number of carbonyl (C=O) groups excluding carboxylic acids is 2. The third kappa shape index (κ3) is 4.46. The zero-order valence-electron chi connectivity index (χ0n) is 11.0. The number of hydrogen-bond acceptors (Lipinski definition) is 6. The molecule has 0 atom stereocenters. The van der Waals surface area contributed by atoms with E-state index in [-0.39, 0.29) is 11.6 Å². The van der Waals surface area contributed by atoms with Gasteiger partial charge in [0.25, 0.3) is 0 Å². The molecule has 1 rings (SSSR count). The normalized spacial score (nSPS) is 9.79. The van der Waals surface area contributed by atoms with Crippen LogP contribution in [-0.4, -0.2) is 37.1 Å². The molecule has 0 aromatic carbocycles. The van der Waals surface area contributed by atoms with Gasteiger partial charge >= 0.3 is 5.97 Å². The number of hydrogen-bond donors (Lipinski definition) is 3. The lowest BCUT2D eigenvalue weighted by Crippen LogP contribution is -2.25. The maximum atomic E-state index is 11.3. The van der Waals surface area contributed by atoms with Crippen molar-refractivity contribution in [1.29, 1.82) is 0 Å². The molecule has 0 aliphatic rings. The summed E-state index contributed by atoms with van der Waals surface area (Å²) < 4.78 is 4.57. The van der Waals surface area contributed by atoms with E-state index in [0.717, 1.165) is 0 Å². The van der Waals surface area contributed by atoms with Crippen molar-refractivity contribution in [3.63, 3.8) is 0 Å². The molecule has 0 fully saturated rings. The van der Waals surface area contributed by atoms with Crippen molar-refractivity contribution in [3.05, 3.63) is 17.8 Å². The van der Waals surface area contributed by atoms with Crippen LogP contribution in [0, 0.1) is 0 Å². The van der Waals surface area contributed by atoms with Gasteiger partial charge in [-0.3, -0.25) is 4.79 Å². The van der Waals surface area contributed by atoms with Crippen LogP contribution < -0.4 is 16.4 Å². The average Bonchev–Trinajstić information content (AvgIpc) is 2.40. The molecule has 1 aromatic rings. The second-order valence-electron chi connectivity index (χ2n) is 3.76. The molecule has 0 bridgehead atoms. The van der Waals surface area contributed by atoms with Crippen molar-refractivity contribution in [2.75, 3.05) is 31.2 Å². The van der Waals surface area contributed by atoms with E-state index in [1.165, 1.54) is 13.2 Å². The number of pyridine rings is 1. The molecule has 1 heterocycles. The standard InChI is InChI=1S/C12H18N4O3/c1-3-14-10(17)6-7-15-11-8(13)4-5-9(16-11)12(18)19-2/h4-5H,3,6-7,13H2,1-2H3,(H,14,17)(H,15,16). The van der Waals surface area contributed by atoms with Gasteiger partial charge in [-0.1, -0.05) is 0 Å². The number of rotatable bonds is 6. The van der Waals surface area contributed by atoms with Gasteiger partial charge in [-0.2, -0.15) is 0 Å². The predicted molar refractivity (Wildman–Crippen MR) is 71.8 cm³/mol. The van der Waals surface area contributed by atoms with Crippen molar-refractivity contribution in [1.82, 2.24) is 10.3 Å². The third-order valence-corrected chi connectivity index (χ3v) is 2.34. The quantitative estimate of drug-likeness (QED) is 0.643. The minimum atomic E-state index is -0.535. The molecule has 7 nitrogen and oxygen atoms in total. The number of amides is 1. The van der Waals surface area contributed by atoms with Crippen LogP contribution in [0.4, 0.5) is 11.5 Å². The first-order valence-corrected chi connectivity index (χ1v) is 5.93.